The zero-order valence-electron chi connectivity index (χ0n) is 13.4. The lowest BCUT2D eigenvalue weighted by atomic mass is 9.76. The fourth-order valence-corrected chi connectivity index (χ4v) is 4.02. The van der Waals surface area contributed by atoms with Gasteiger partial charge in [0.2, 0.25) is 5.91 Å². The van der Waals surface area contributed by atoms with E-state index in [2.05, 4.69) is 41.0 Å². The maximum absolute atomic E-state index is 12.5. The van der Waals surface area contributed by atoms with E-state index >= 15 is 0 Å². The Balaban J connectivity index is 1.63. The van der Waals surface area contributed by atoms with Crippen molar-refractivity contribution in [2.45, 2.75) is 56.9 Å². The molecule has 2 fully saturated rings. The van der Waals surface area contributed by atoms with Gasteiger partial charge in [0.05, 0.1) is 5.54 Å². The molecule has 0 radical (unpaired) electrons. The first kappa shape index (κ1) is 15.5. The summed E-state index contributed by atoms with van der Waals surface area (Å²) in [4.78, 5) is 12.5. The molecule has 3 rings (SSSR count). The summed E-state index contributed by atoms with van der Waals surface area (Å²) in [6.45, 7) is 2.19. The largest absolute Gasteiger partial charge is 0.347 e. The van der Waals surface area contributed by atoms with Crippen molar-refractivity contribution in [2.75, 3.05) is 13.1 Å². The predicted molar refractivity (Wildman–Crippen MR) is 89.6 cm³/mol. The molecular weight excluding hydrogens is 272 g/mol. The van der Waals surface area contributed by atoms with Gasteiger partial charge < -0.3 is 10.6 Å². The van der Waals surface area contributed by atoms with Crippen LogP contribution in [0.25, 0.3) is 0 Å². The average molecular weight is 300 g/mol. The summed E-state index contributed by atoms with van der Waals surface area (Å²) in [6, 6.07) is 10.6. The van der Waals surface area contributed by atoms with Crippen molar-refractivity contribution < 1.29 is 4.79 Å². The molecule has 2 N–H and O–H groups in total. The van der Waals surface area contributed by atoms with Crippen molar-refractivity contribution in [1.82, 2.24) is 10.6 Å². The van der Waals surface area contributed by atoms with E-state index in [1.165, 1.54) is 31.2 Å². The van der Waals surface area contributed by atoms with Crippen LogP contribution in [0, 0.1) is 5.92 Å². The standard InChI is InChI=1S/C19H28N2O/c22-18(10-9-16-11-14-20-15-16)21-19(12-5-2-6-13-19)17-7-3-1-4-8-17/h1,3-4,7-8,16,20H,2,5-6,9-15H2,(H,21,22). The van der Waals surface area contributed by atoms with E-state index in [0.717, 1.165) is 32.4 Å². The molecule has 1 heterocycles. The van der Waals surface area contributed by atoms with Gasteiger partial charge in [-0.2, -0.15) is 0 Å². The van der Waals surface area contributed by atoms with E-state index in [4.69, 9.17) is 0 Å². The van der Waals surface area contributed by atoms with Crippen LogP contribution in [-0.4, -0.2) is 19.0 Å². The fourth-order valence-electron chi connectivity index (χ4n) is 4.02. The Labute approximate surface area is 133 Å². The molecule has 1 saturated carbocycles. The van der Waals surface area contributed by atoms with Crippen molar-refractivity contribution in [3.05, 3.63) is 35.9 Å². The van der Waals surface area contributed by atoms with Gasteiger partial charge in [-0.1, -0.05) is 49.6 Å². The third-order valence-electron chi connectivity index (χ3n) is 5.35. The van der Waals surface area contributed by atoms with Gasteiger partial charge >= 0.3 is 0 Å². The normalized spacial score (nSPS) is 24.1. The fraction of sp³-hybridized carbons (Fsp3) is 0.632. The van der Waals surface area contributed by atoms with Crippen molar-refractivity contribution >= 4 is 5.91 Å². The van der Waals surface area contributed by atoms with Crippen molar-refractivity contribution in [3.8, 4) is 0 Å². The predicted octanol–water partition coefficient (Wildman–Crippen LogP) is 3.35. The second kappa shape index (κ2) is 7.28. The highest BCUT2D eigenvalue weighted by Crippen LogP contribution is 2.37. The number of hydrogen-bond donors (Lipinski definition) is 2. The Kier molecular flexibility index (Phi) is 5.14. The molecule has 2 aliphatic rings. The topological polar surface area (TPSA) is 41.1 Å². The molecular formula is C19H28N2O. The minimum Gasteiger partial charge on any atom is -0.347 e. The molecule has 1 aromatic rings. The number of amides is 1. The Bertz CT molecular complexity index is 473. The Morgan fingerprint density at radius 2 is 1.95 bits per heavy atom. The van der Waals surface area contributed by atoms with Crippen molar-refractivity contribution in [2.24, 2.45) is 5.92 Å². The van der Waals surface area contributed by atoms with Gasteiger partial charge in [0.15, 0.2) is 0 Å². The second-order valence-electron chi connectivity index (χ2n) is 6.95. The van der Waals surface area contributed by atoms with E-state index < -0.39 is 0 Å². The Hall–Kier alpha value is -1.35. The summed E-state index contributed by atoms with van der Waals surface area (Å²) in [5.74, 6) is 0.919. The van der Waals surface area contributed by atoms with E-state index in [0.29, 0.717) is 12.3 Å². The van der Waals surface area contributed by atoms with Gasteiger partial charge in [-0.3, -0.25) is 4.79 Å². The van der Waals surface area contributed by atoms with Gasteiger partial charge in [-0.15, -0.1) is 0 Å². The molecule has 120 valence electrons. The monoisotopic (exact) mass is 300 g/mol. The average Bonchev–Trinajstić information content (AvgIpc) is 3.08. The SMILES string of the molecule is O=C(CCC1CCNC1)NC1(c2ccccc2)CCCCC1. The van der Waals surface area contributed by atoms with Crippen LogP contribution in [0.2, 0.25) is 0 Å². The molecule has 1 amide bonds. The zero-order valence-corrected chi connectivity index (χ0v) is 13.4. The first-order valence-corrected chi connectivity index (χ1v) is 8.86. The molecule has 1 aliphatic heterocycles. The molecule has 0 spiro atoms. The van der Waals surface area contributed by atoms with Crippen LogP contribution in [0.4, 0.5) is 0 Å². The van der Waals surface area contributed by atoms with Crippen molar-refractivity contribution in [1.29, 1.82) is 0 Å². The molecule has 1 saturated heterocycles. The summed E-state index contributed by atoms with van der Waals surface area (Å²) in [5.41, 5.74) is 1.16. The molecule has 1 aromatic carbocycles. The smallest absolute Gasteiger partial charge is 0.220 e. The van der Waals surface area contributed by atoms with Gasteiger partial charge in [0.25, 0.3) is 0 Å². The highest BCUT2D eigenvalue weighted by Gasteiger charge is 2.35. The number of rotatable bonds is 5. The zero-order chi connectivity index (χ0) is 15.3. The molecule has 0 bridgehead atoms. The van der Waals surface area contributed by atoms with E-state index in [-0.39, 0.29) is 11.4 Å². The van der Waals surface area contributed by atoms with Crippen LogP contribution in [0.15, 0.2) is 30.3 Å². The lowest BCUT2D eigenvalue weighted by Gasteiger charge is -2.39. The first-order chi connectivity index (χ1) is 10.8. The first-order valence-electron chi connectivity index (χ1n) is 8.86. The maximum atomic E-state index is 12.5. The number of benzene rings is 1. The lowest BCUT2D eigenvalue weighted by Crippen LogP contribution is -2.47. The molecule has 1 aliphatic carbocycles. The number of hydrogen-bond acceptors (Lipinski definition) is 2. The molecule has 0 aromatic heterocycles. The number of carbonyl (C=O) groups is 1. The van der Waals surface area contributed by atoms with Gasteiger partial charge in [0, 0.05) is 6.42 Å². The number of nitrogens with one attached hydrogen (secondary N) is 2. The minimum absolute atomic E-state index is 0.121. The van der Waals surface area contributed by atoms with Crippen LogP contribution < -0.4 is 10.6 Å². The molecule has 3 heteroatoms. The van der Waals surface area contributed by atoms with Gasteiger partial charge in [-0.05, 0) is 50.3 Å². The third-order valence-corrected chi connectivity index (χ3v) is 5.35. The van der Waals surface area contributed by atoms with Crippen molar-refractivity contribution in [3.63, 3.8) is 0 Å². The van der Waals surface area contributed by atoms with Crippen LogP contribution in [0.3, 0.4) is 0 Å². The van der Waals surface area contributed by atoms with E-state index in [9.17, 15) is 4.79 Å². The van der Waals surface area contributed by atoms with Gasteiger partial charge in [-0.25, -0.2) is 0 Å². The van der Waals surface area contributed by atoms with Crippen LogP contribution in [-0.2, 0) is 10.3 Å². The van der Waals surface area contributed by atoms with Crippen LogP contribution >= 0.6 is 0 Å². The minimum atomic E-state index is -0.121. The lowest BCUT2D eigenvalue weighted by molar-refractivity contribution is -0.123. The molecule has 1 unspecified atom stereocenters. The summed E-state index contributed by atoms with van der Waals surface area (Å²) in [6.07, 6.45) is 8.77. The number of carbonyl (C=O) groups excluding carboxylic acids is 1. The highest BCUT2D eigenvalue weighted by atomic mass is 16.1. The summed E-state index contributed by atoms with van der Waals surface area (Å²) >= 11 is 0. The van der Waals surface area contributed by atoms with E-state index in [1.54, 1.807) is 0 Å². The summed E-state index contributed by atoms with van der Waals surface area (Å²) < 4.78 is 0. The molecule has 3 nitrogen and oxygen atoms in total. The quantitative estimate of drug-likeness (QED) is 0.875. The molecule has 22 heavy (non-hydrogen) atoms. The Morgan fingerprint density at radius 3 is 2.64 bits per heavy atom. The third kappa shape index (κ3) is 3.70. The van der Waals surface area contributed by atoms with Crippen LogP contribution in [0.5, 0.6) is 0 Å². The Morgan fingerprint density at radius 1 is 1.18 bits per heavy atom. The maximum Gasteiger partial charge on any atom is 0.220 e. The second-order valence-corrected chi connectivity index (χ2v) is 6.95. The summed E-state index contributed by atoms with van der Waals surface area (Å²) in [5, 5.41) is 6.79. The van der Waals surface area contributed by atoms with Gasteiger partial charge in [0.1, 0.15) is 0 Å². The highest BCUT2D eigenvalue weighted by molar-refractivity contribution is 5.77. The van der Waals surface area contributed by atoms with Crippen LogP contribution in [0.1, 0.15) is 56.9 Å². The molecule has 1 atom stereocenters. The van der Waals surface area contributed by atoms with E-state index in [1.807, 2.05) is 0 Å². The summed E-state index contributed by atoms with van der Waals surface area (Å²) in [7, 11) is 0.